The van der Waals surface area contributed by atoms with E-state index in [4.69, 9.17) is 4.74 Å². The average molecular weight is 329 g/mol. The molecule has 0 N–H and O–H groups in total. The van der Waals surface area contributed by atoms with Crippen molar-refractivity contribution in [2.45, 2.75) is 39.7 Å². The normalized spacial score (nSPS) is 17.5. The van der Waals surface area contributed by atoms with Crippen molar-refractivity contribution in [1.82, 2.24) is 4.90 Å². The summed E-state index contributed by atoms with van der Waals surface area (Å²) in [5.41, 5.74) is 3.47. The van der Waals surface area contributed by atoms with E-state index in [0.717, 1.165) is 36.3 Å². The molecule has 0 spiro atoms. The molecule has 1 aliphatic heterocycles. The molecule has 2 heterocycles. The van der Waals surface area contributed by atoms with Crippen LogP contribution in [-0.4, -0.2) is 24.0 Å². The van der Waals surface area contributed by atoms with Crippen LogP contribution in [0.15, 0.2) is 29.6 Å². The van der Waals surface area contributed by atoms with E-state index in [0.29, 0.717) is 0 Å². The smallest absolute Gasteiger partial charge is 0.261 e. The van der Waals surface area contributed by atoms with Gasteiger partial charge in [0.1, 0.15) is 5.75 Å². The van der Waals surface area contributed by atoms with Crippen molar-refractivity contribution in [2.24, 2.45) is 0 Å². The first kappa shape index (κ1) is 16.1. The summed E-state index contributed by atoms with van der Waals surface area (Å²) >= 11 is 1.73. The highest BCUT2D eigenvalue weighted by atomic mass is 32.1. The zero-order chi connectivity index (χ0) is 16.4. The van der Waals surface area contributed by atoms with Gasteiger partial charge >= 0.3 is 0 Å². The van der Waals surface area contributed by atoms with Gasteiger partial charge in [0.05, 0.1) is 6.04 Å². The second-order valence-electron chi connectivity index (χ2n) is 6.25. The van der Waals surface area contributed by atoms with E-state index in [1.54, 1.807) is 11.3 Å². The number of ether oxygens (including phenoxy) is 1. The minimum atomic E-state index is 0.0828. The summed E-state index contributed by atoms with van der Waals surface area (Å²) < 4.78 is 5.85. The van der Waals surface area contributed by atoms with Crippen molar-refractivity contribution in [1.29, 1.82) is 0 Å². The van der Waals surface area contributed by atoms with Crippen LogP contribution in [0.2, 0.25) is 0 Å². The second kappa shape index (κ2) is 6.75. The van der Waals surface area contributed by atoms with Gasteiger partial charge in [-0.05, 0) is 67.8 Å². The Balaban J connectivity index is 1.68. The molecule has 1 amide bonds. The van der Waals surface area contributed by atoms with E-state index >= 15 is 0 Å². The number of likely N-dealkylation sites (tertiary alicyclic amines) is 1. The van der Waals surface area contributed by atoms with Gasteiger partial charge in [-0.2, -0.15) is 0 Å². The van der Waals surface area contributed by atoms with Gasteiger partial charge in [-0.3, -0.25) is 4.79 Å². The predicted molar refractivity (Wildman–Crippen MR) is 94.2 cm³/mol. The van der Waals surface area contributed by atoms with Gasteiger partial charge in [-0.1, -0.05) is 12.1 Å². The molecule has 3 rings (SSSR count). The Morgan fingerprint density at radius 3 is 2.91 bits per heavy atom. The molecule has 1 fully saturated rings. The number of thiophene rings is 1. The highest BCUT2D eigenvalue weighted by Gasteiger charge is 2.30. The number of carbonyl (C=O) groups is 1. The quantitative estimate of drug-likeness (QED) is 0.831. The summed E-state index contributed by atoms with van der Waals surface area (Å²) in [6, 6.07) is 8.55. The van der Waals surface area contributed by atoms with Crippen LogP contribution >= 0.6 is 11.3 Å². The van der Waals surface area contributed by atoms with Gasteiger partial charge in [0.25, 0.3) is 5.91 Å². The highest BCUT2D eigenvalue weighted by molar-refractivity contribution is 7.10. The van der Waals surface area contributed by atoms with E-state index in [2.05, 4.69) is 37.4 Å². The summed E-state index contributed by atoms with van der Waals surface area (Å²) in [6.45, 7) is 7.11. The molecule has 1 aromatic carbocycles. The molecule has 1 unspecified atom stereocenters. The lowest BCUT2D eigenvalue weighted by Gasteiger charge is -2.24. The fourth-order valence-corrected chi connectivity index (χ4v) is 4.09. The number of nitrogens with zero attached hydrogens (tertiary/aromatic N) is 1. The van der Waals surface area contributed by atoms with E-state index in [9.17, 15) is 4.79 Å². The molecule has 23 heavy (non-hydrogen) atoms. The monoisotopic (exact) mass is 329 g/mol. The second-order valence-corrected chi connectivity index (χ2v) is 7.23. The van der Waals surface area contributed by atoms with Crippen LogP contribution in [-0.2, 0) is 4.79 Å². The molecular formula is C19H23NO2S. The van der Waals surface area contributed by atoms with Crippen LogP contribution in [0.25, 0.3) is 0 Å². The highest BCUT2D eigenvalue weighted by Crippen LogP contribution is 2.34. The van der Waals surface area contributed by atoms with Gasteiger partial charge < -0.3 is 9.64 Å². The molecule has 1 aromatic heterocycles. The Morgan fingerprint density at radius 1 is 1.35 bits per heavy atom. The summed E-state index contributed by atoms with van der Waals surface area (Å²) in [5, 5.41) is 2.08. The summed E-state index contributed by atoms with van der Waals surface area (Å²) in [4.78, 5) is 15.9. The van der Waals surface area contributed by atoms with Crippen LogP contribution < -0.4 is 4.74 Å². The van der Waals surface area contributed by atoms with E-state index in [1.165, 1.54) is 10.4 Å². The van der Waals surface area contributed by atoms with Gasteiger partial charge in [0.15, 0.2) is 6.61 Å². The average Bonchev–Trinajstić information content (AvgIpc) is 3.18. The lowest BCUT2D eigenvalue weighted by molar-refractivity contribution is -0.134. The lowest BCUT2D eigenvalue weighted by atomic mass is 10.1. The van der Waals surface area contributed by atoms with Crippen molar-refractivity contribution in [3.63, 3.8) is 0 Å². The van der Waals surface area contributed by atoms with Crippen molar-refractivity contribution >= 4 is 17.2 Å². The Morgan fingerprint density at radius 2 is 2.17 bits per heavy atom. The molecule has 1 aliphatic rings. The largest absolute Gasteiger partial charge is 0.483 e. The number of hydrogen-bond acceptors (Lipinski definition) is 3. The van der Waals surface area contributed by atoms with Gasteiger partial charge in [-0.15, -0.1) is 11.3 Å². The Bertz CT molecular complexity index is 694. The summed E-state index contributed by atoms with van der Waals surface area (Å²) in [6.07, 6.45) is 2.12. The molecule has 0 saturated carbocycles. The van der Waals surface area contributed by atoms with E-state index in [-0.39, 0.29) is 18.6 Å². The first-order valence-corrected chi connectivity index (χ1v) is 8.97. The fourth-order valence-electron chi connectivity index (χ4n) is 3.22. The van der Waals surface area contributed by atoms with Crippen molar-refractivity contribution in [3.8, 4) is 5.75 Å². The first-order chi connectivity index (χ1) is 11.1. The maximum absolute atomic E-state index is 12.6. The molecule has 122 valence electrons. The third-order valence-corrected chi connectivity index (χ3v) is 5.53. The fraction of sp³-hybridized carbons (Fsp3) is 0.421. The van der Waals surface area contributed by atoms with Crippen molar-refractivity contribution < 1.29 is 9.53 Å². The molecule has 1 atom stereocenters. The molecule has 0 bridgehead atoms. The maximum Gasteiger partial charge on any atom is 0.261 e. The number of rotatable bonds is 4. The number of aryl methyl sites for hydroxylation is 2. The Labute approximate surface area is 141 Å². The topological polar surface area (TPSA) is 29.5 Å². The molecule has 1 saturated heterocycles. The van der Waals surface area contributed by atoms with Crippen molar-refractivity contribution in [2.75, 3.05) is 13.2 Å². The zero-order valence-corrected chi connectivity index (χ0v) is 14.8. The van der Waals surface area contributed by atoms with Gasteiger partial charge in [0.2, 0.25) is 0 Å². The predicted octanol–water partition coefficient (Wildman–Crippen LogP) is 4.42. The third-order valence-electron chi connectivity index (χ3n) is 4.56. The Hall–Kier alpha value is -1.81. The number of benzene rings is 1. The molecular weight excluding hydrogens is 306 g/mol. The summed E-state index contributed by atoms with van der Waals surface area (Å²) in [5.74, 6) is 0.905. The number of amides is 1. The zero-order valence-electron chi connectivity index (χ0n) is 14.0. The molecule has 0 radical (unpaired) electrons. The molecule has 0 aliphatic carbocycles. The SMILES string of the molecule is Cc1cc(C)c(C)c(OCC(=O)N2CCCC2c2cccs2)c1. The van der Waals surface area contributed by atoms with E-state index in [1.807, 2.05) is 17.9 Å². The van der Waals surface area contributed by atoms with Crippen LogP contribution in [0.1, 0.15) is 40.5 Å². The van der Waals surface area contributed by atoms with Crippen molar-refractivity contribution in [3.05, 3.63) is 51.2 Å². The number of hydrogen-bond donors (Lipinski definition) is 0. The van der Waals surface area contributed by atoms with Gasteiger partial charge in [-0.25, -0.2) is 0 Å². The maximum atomic E-state index is 12.6. The first-order valence-electron chi connectivity index (χ1n) is 8.10. The van der Waals surface area contributed by atoms with E-state index < -0.39 is 0 Å². The molecule has 3 nitrogen and oxygen atoms in total. The standard InChI is InChI=1S/C19H23NO2S/c1-13-10-14(2)15(3)17(11-13)22-12-19(21)20-8-4-6-16(20)18-7-5-9-23-18/h5,7,9-11,16H,4,6,8,12H2,1-3H3. The minimum absolute atomic E-state index is 0.0828. The molecule has 2 aromatic rings. The van der Waals surface area contributed by atoms with Crippen LogP contribution in [0.3, 0.4) is 0 Å². The third kappa shape index (κ3) is 3.42. The van der Waals surface area contributed by atoms with Crippen LogP contribution in [0.5, 0.6) is 5.75 Å². The van der Waals surface area contributed by atoms with Crippen LogP contribution in [0, 0.1) is 20.8 Å². The lowest BCUT2D eigenvalue weighted by Crippen LogP contribution is -2.34. The van der Waals surface area contributed by atoms with Gasteiger partial charge in [0, 0.05) is 11.4 Å². The minimum Gasteiger partial charge on any atom is -0.483 e. The number of carbonyl (C=O) groups excluding carboxylic acids is 1. The van der Waals surface area contributed by atoms with Crippen LogP contribution in [0.4, 0.5) is 0 Å². The summed E-state index contributed by atoms with van der Waals surface area (Å²) in [7, 11) is 0. The Kier molecular flexibility index (Phi) is 4.71. The molecule has 4 heteroatoms.